The molecule has 0 aliphatic rings. The highest BCUT2D eigenvalue weighted by atomic mass is 79.9. The topological polar surface area (TPSA) is 91.2 Å². The monoisotopic (exact) mass is 521 g/mol. The molecule has 0 saturated carbocycles. The number of aryl methyl sites for hydroxylation is 1. The van der Waals surface area contributed by atoms with Crippen molar-refractivity contribution in [2.24, 2.45) is 0 Å². The van der Waals surface area contributed by atoms with Gasteiger partial charge in [0.15, 0.2) is 6.61 Å². The number of para-hydroxylation sites is 1. The first-order valence-electron chi connectivity index (χ1n) is 10.2. The fraction of sp³-hybridized carbons (Fsp3) is 0.115. The fourth-order valence-electron chi connectivity index (χ4n) is 3.01. The molecule has 0 bridgehead atoms. The van der Waals surface area contributed by atoms with E-state index in [1.807, 2.05) is 32.0 Å². The van der Waals surface area contributed by atoms with Crippen LogP contribution in [0.15, 0.2) is 70.7 Å². The van der Waals surface area contributed by atoms with Gasteiger partial charge in [-0.3, -0.25) is 9.59 Å². The van der Waals surface area contributed by atoms with Crippen molar-refractivity contribution in [3.05, 3.63) is 93.2 Å². The third-order valence-electron chi connectivity index (χ3n) is 4.99. The maximum atomic E-state index is 13.7. The molecule has 6 nitrogen and oxygen atoms in total. The van der Waals surface area contributed by atoms with Crippen molar-refractivity contribution in [2.75, 3.05) is 17.2 Å². The quantitative estimate of drug-likeness (QED) is 0.305. The first kappa shape index (κ1) is 24.7. The lowest BCUT2D eigenvalue weighted by atomic mass is 10.1. The molecule has 0 heterocycles. The zero-order chi connectivity index (χ0) is 24.7. The van der Waals surface area contributed by atoms with Crippen LogP contribution in [0.1, 0.15) is 16.7 Å². The summed E-state index contributed by atoms with van der Waals surface area (Å²) in [6.07, 6.45) is 1.46. The largest absolute Gasteiger partial charge is 0.483 e. The van der Waals surface area contributed by atoms with E-state index in [-0.39, 0.29) is 17.9 Å². The first-order chi connectivity index (χ1) is 16.3. The van der Waals surface area contributed by atoms with Crippen LogP contribution < -0.4 is 15.4 Å². The summed E-state index contributed by atoms with van der Waals surface area (Å²) in [6.45, 7) is 3.51. The maximum absolute atomic E-state index is 13.7. The number of hydrogen-bond donors (Lipinski definition) is 2. The van der Waals surface area contributed by atoms with Gasteiger partial charge >= 0.3 is 0 Å². The van der Waals surface area contributed by atoms with Crippen LogP contribution >= 0.6 is 15.9 Å². The van der Waals surface area contributed by atoms with Gasteiger partial charge in [0.2, 0.25) is 0 Å². The summed E-state index contributed by atoms with van der Waals surface area (Å²) in [4.78, 5) is 24.7. The van der Waals surface area contributed by atoms with Crippen molar-refractivity contribution in [1.82, 2.24) is 0 Å². The van der Waals surface area contributed by atoms with Gasteiger partial charge in [-0.25, -0.2) is 4.39 Å². The van der Waals surface area contributed by atoms with E-state index in [0.717, 1.165) is 11.1 Å². The van der Waals surface area contributed by atoms with Gasteiger partial charge in [-0.05, 0) is 82.9 Å². The molecular formula is C26H21BrFN3O3. The number of nitrogens with zero attached hydrogens (tertiary/aromatic N) is 1. The van der Waals surface area contributed by atoms with Crippen molar-refractivity contribution in [3.8, 4) is 11.8 Å². The molecule has 0 aromatic heterocycles. The van der Waals surface area contributed by atoms with Gasteiger partial charge in [-0.2, -0.15) is 5.26 Å². The Kier molecular flexibility index (Phi) is 8.17. The minimum absolute atomic E-state index is 0.0641. The van der Waals surface area contributed by atoms with Crippen LogP contribution in [0.3, 0.4) is 0 Å². The van der Waals surface area contributed by atoms with Crippen LogP contribution in [0.2, 0.25) is 0 Å². The van der Waals surface area contributed by atoms with E-state index >= 15 is 0 Å². The molecule has 0 atom stereocenters. The predicted octanol–water partition coefficient (Wildman–Crippen LogP) is 5.77. The summed E-state index contributed by atoms with van der Waals surface area (Å²) in [6, 6.07) is 18.2. The van der Waals surface area contributed by atoms with Crippen molar-refractivity contribution in [1.29, 1.82) is 5.26 Å². The number of anilines is 2. The molecule has 2 amide bonds. The molecule has 0 radical (unpaired) electrons. The Morgan fingerprint density at radius 1 is 1.06 bits per heavy atom. The Hall–Kier alpha value is -3.96. The van der Waals surface area contributed by atoms with Crippen LogP contribution in [-0.2, 0) is 9.59 Å². The van der Waals surface area contributed by atoms with E-state index in [9.17, 15) is 19.2 Å². The highest BCUT2D eigenvalue weighted by molar-refractivity contribution is 9.10. The number of halogens is 2. The molecule has 0 aliphatic heterocycles. The number of benzene rings is 3. The molecule has 0 fully saturated rings. The normalized spacial score (nSPS) is 10.9. The standard InChI is InChI=1S/C26H21BrFN3O3/c1-16-6-5-9-22(17(16)2)31-26(33)19(14-29)12-18-10-11-24(20(27)13-18)34-15-25(32)30-23-8-4-3-7-21(23)28/h3-13H,15H2,1-2H3,(H,30,32)(H,31,33)/b19-12-. The van der Waals surface area contributed by atoms with E-state index in [1.165, 1.54) is 24.3 Å². The molecule has 2 N–H and O–H groups in total. The molecule has 3 aromatic carbocycles. The van der Waals surface area contributed by atoms with Crippen LogP contribution in [0.25, 0.3) is 6.08 Å². The number of nitrogens with one attached hydrogen (secondary N) is 2. The Balaban J connectivity index is 1.66. The second-order valence-electron chi connectivity index (χ2n) is 7.38. The predicted molar refractivity (Wildman–Crippen MR) is 133 cm³/mol. The minimum Gasteiger partial charge on any atom is -0.483 e. The van der Waals surface area contributed by atoms with Crippen molar-refractivity contribution in [2.45, 2.75) is 13.8 Å². The third-order valence-corrected chi connectivity index (χ3v) is 5.61. The van der Waals surface area contributed by atoms with Crippen molar-refractivity contribution >= 4 is 45.2 Å². The average molecular weight is 522 g/mol. The van der Waals surface area contributed by atoms with E-state index in [2.05, 4.69) is 26.6 Å². The highest BCUT2D eigenvalue weighted by Gasteiger charge is 2.13. The Bertz CT molecular complexity index is 1310. The molecule has 172 valence electrons. The second-order valence-corrected chi connectivity index (χ2v) is 8.23. The Labute approximate surface area is 205 Å². The Morgan fingerprint density at radius 3 is 2.50 bits per heavy atom. The van der Waals surface area contributed by atoms with Crippen LogP contribution in [0.4, 0.5) is 15.8 Å². The average Bonchev–Trinajstić information content (AvgIpc) is 2.81. The van der Waals surface area contributed by atoms with Crippen LogP contribution in [0, 0.1) is 31.0 Å². The minimum atomic E-state index is -0.539. The van der Waals surface area contributed by atoms with Gasteiger partial charge in [0.1, 0.15) is 23.2 Å². The number of carbonyl (C=O) groups excluding carboxylic acids is 2. The highest BCUT2D eigenvalue weighted by Crippen LogP contribution is 2.27. The molecule has 0 spiro atoms. The van der Waals surface area contributed by atoms with Gasteiger partial charge in [0.25, 0.3) is 11.8 Å². The van der Waals surface area contributed by atoms with Gasteiger partial charge in [0.05, 0.1) is 10.2 Å². The molecule has 0 unspecified atom stereocenters. The lowest BCUT2D eigenvalue weighted by Gasteiger charge is -2.11. The SMILES string of the molecule is Cc1cccc(NC(=O)/C(C#N)=C\c2ccc(OCC(=O)Nc3ccccc3F)c(Br)c2)c1C. The Morgan fingerprint density at radius 2 is 1.79 bits per heavy atom. The summed E-state index contributed by atoms with van der Waals surface area (Å²) in [7, 11) is 0. The van der Waals surface area contributed by atoms with E-state index in [4.69, 9.17) is 4.74 Å². The number of hydrogen-bond acceptors (Lipinski definition) is 4. The van der Waals surface area contributed by atoms with Gasteiger partial charge in [-0.15, -0.1) is 0 Å². The third kappa shape index (κ3) is 6.30. The molecule has 8 heteroatoms. The molecule has 3 aromatic rings. The molecular weight excluding hydrogens is 501 g/mol. The van der Waals surface area contributed by atoms with E-state index < -0.39 is 17.6 Å². The zero-order valence-corrected chi connectivity index (χ0v) is 20.1. The first-order valence-corrected chi connectivity index (χ1v) is 11.0. The lowest BCUT2D eigenvalue weighted by Crippen LogP contribution is -2.20. The summed E-state index contributed by atoms with van der Waals surface area (Å²) in [5, 5.41) is 14.7. The molecule has 0 aliphatic carbocycles. The number of rotatable bonds is 7. The molecule has 0 saturated heterocycles. The van der Waals surface area contributed by atoms with Crippen molar-refractivity contribution in [3.63, 3.8) is 0 Å². The maximum Gasteiger partial charge on any atom is 0.266 e. The van der Waals surface area contributed by atoms with E-state index in [0.29, 0.717) is 21.5 Å². The number of ether oxygens (including phenoxy) is 1. The number of nitriles is 1. The molecule has 34 heavy (non-hydrogen) atoms. The number of amides is 2. The fourth-order valence-corrected chi connectivity index (χ4v) is 3.52. The summed E-state index contributed by atoms with van der Waals surface area (Å²) in [5.74, 6) is -1.20. The smallest absolute Gasteiger partial charge is 0.266 e. The summed E-state index contributed by atoms with van der Waals surface area (Å²) < 4.78 is 19.7. The second kappa shape index (κ2) is 11.3. The van der Waals surface area contributed by atoms with Gasteiger partial charge in [-0.1, -0.05) is 30.3 Å². The van der Waals surface area contributed by atoms with Crippen molar-refractivity contribution < 1.29 is 18.7 Å². The van der Waals surface area contributed by atoms with E-state index in [1.54, 1.807) is 30.3 Å². The number of carbonyl (C=O) groups is 2. The summed E-state index contributed by atoms with van der Waals surface area (Å²) in [5.41, 5.74) is 3.19. The van der Waals surface area contributed by atoms with Gasteiger partial charge in [0, 0.05) is 5.69 Å². The van der Waals surface area contributed by atoms with Crippen LogP contribution in [-0.4, -0.2) is 18.4 Å². The van der Waals surface area contributed by atoms with Crippen LogP contribution in [0.5, 0.6) is 5.75 Å². The zero-order valence-electron chi connectivity index (χ0n) is 18.5. The molecule has 3 rings (SSSR count). The van der Waals surface area contributed by atoms with Gasteiger partial charge < -0.3 is 15.4 Å². The summed E-state index contributed by atoms with van der Waals surface area (Å²) >= 11 is 3.37. The lowest BCUT2D eigenvalue weighted by molar-refractivity contribution is -0.118.